The van der Waals surface area contributed by atoms with Crippen molar-refractivity contribution in [1.82, 2.24) is 14.5 Å². The first-order valence-electron chi connectivity index (χ1n) is 13.6. The minimum atomic E-state index is -0.439. The van der Waals surface area contributed by atoms with E-state index in [2.05, 4.69) is 36.0 Å². The summed E-state index contributed by atoms with van der Waals surface area (Å²) in [5, 5.41) is 3.88. The van der Waals surface area contributed by atoms with E-state index in [1.807, 2.05) is 42.5 Å². The maximum absolute atomic E-state index is 13.5. The van der Waals surface area contributed by atoms with E-state index >= 15 is 0 Å². The summed E-state index contributed by atoms with van der Waals surface area (Å²) in [5.41, 5.74) is 3.59. The largest absolute Gasteiger partial charge is 0.462 e. The lowest BCUT2D eigenvalue weighted by molar-refractivity contribution is -0.135. The van der Waals surface area contributed by atoms with Crippen molar-refractivity contribution in [3.63, 3.8) is 0 Å². The third-order valence-electron chi connectivity index (χ3n) is 7.55. The summed E-state index contributed by atoms with van der Waals surface area (Å²) >= 11 is 3.59. The van der Waals surface area contributed by atoms with Gasteiger partial charge in [0.1, 0.15) is 17.7 Å². The molecular formula is C30H29BrN6O4. The van der Waals surface area contributed by atoms with Gasteiger partial charge >= 0.3 is 5.97 Å². The molecule has 0 unspecified atom stereocenters. The van der Waals surface area contributed by atoms with Crippen molar-refractivity contribution >= 4 is 61.6 Å². The minimum absolute atomic E-state index is 0.115. The van der Waals surface area contributed by atoms with Crippen LogP contribution in [0.3, 0.4) is 0 Å². The van der Waals surface area contributed by atoms with Crippen molar-refractivity contribution in [2.24, 2.45) is 5.92 Å². The third kappa shape index (κ3) is 5.29. The Kier molecular flexibility index (Phi) is 7.44. The van der Waals surface area contributed by atoms with E-state index in [1.54, 1.807) is 30.2 Å². The zero-order chi connectivity index (χ0) is 28.5. The highest BCUT2D eigenvalue weighted by atomic mass is 79.9. The number of imidazole rings is 1. The molecule has 2 aromatic carbocycles. The van der Waals surface area contributed by atoms with Gasteiger partial charge in [0, 0.05) is 61.3 Å². The lowest BCUT2D eigenvalue weighted by atomic mass is 9.83. The Morgan fingerprint density at radius 1 is 1.07 bits per heavy atom. The smallest absolute Gasteiger partial charge is 0.344 e. The Morgan fingerprint density at radius 2 is 1.83 bits per heavy atom. The first-order valence-corrected chi connectivity index (χ1v) is 14.4. The molecular weight excluding hydrogens is 588 g/mol. The number of benzene rings is 2. The van der Waals surface area contributed by atoms with Crippen molar-refractivity contribution in [3.05, 3.63) is 71.2 Å². The summed E-state index contributed by atoms with van der Waals surface area (Å²) in [6.07, 6.45) is 5.67. The molecule has 2 aromatic heterocycles. The third-order valence-corrected chi connectivity index (χ3v) is 8.04. The molecule has 41 heavy (non-hydrogen) atoms. The van der Waals surface area contributed by atoms with Gasteiger partial charge in [0.05, 0.1) is 35.1 Å². The van der Waals surface area contributed by atoms with E-state index in [0.717, 1.165) is 32.4 Å². The van der Waals surface area contributed by atoms with Gasteiger partial charge in [0.15, 0.2) is 5.82 Å². The van der Waals surface area contributed by atoms with Gasteiger partial charge in [-0.1, -0.05) is 28.1 Å². The molecule has 210 valence electrons. The van der Waals surface area contributed by atoms with Gasteiger partial charge in [-0.15, -0.1) is 0 Å². The quantitative estimate of drug-likeness (QED) is 0.300. The van der Waals surface area contributed by atoms with Crippen LogP contribution in [0.1, 0.15) is 30.1 Å². The normalized spacial score (nSPS) is 15.6. The number of rotatable bonds is 7. The molecule has 2 aliphatic rings. The summed E-state index contributed by atoms with van der Waals surface area (Å²) in [7, 11) is 0. The van der Waals surface area contributed by atoms with Crippen LogP contribution in [0.15, 0.2) is 65.7 Å². The monoisotopic (exact) mass is 616 g/mol. The molecule has 1 amide bonds. The lowest BCUT2D eigenvalue weighted by Crippen LogP contribution is -2.47. The number of carbonyl (C=O) groups excluding carboxylic acids is 3. The number of ketones is 1. The summed E-state index contributed by atoms with van der Waals surface area (Å²) in [6, 6.07) is 13.6. The van der Waals surface area contributed by atoms with Gasteiger partial charge in [-0.05, 0) is 37.3 Å². The highest BCUT2D eigenvalue weighted by molar-refractivity contribution is 9.10. The fourth-order valence-corrected chi connectivity index (χ4v) is 5.79. The fraction of sp³-hybridized carbons (Fsp3) is 0.300. The van der Waals surface area contributed by atoms with E-state index < -0.39 is 5.97 Å². The van der Waals surface area contributed by atoms with E-state index in [1.165, 1.54) is 0 Å². The summed E-state index contributed by atoms with van der Waals surface area (Å²) < 4.78 is 8.16. The number of para-hydroxylation sites is 2. The Morgan fingerprint density at radius 3 is 2.54 bits per heavy atom. The van der Waals surface area contributed by atoms with Gasteiger partial charge < -0.3 is 19.9 Å². The van der Waals surface area contributed by atoms with Crippen molar-refractivity contribution in [3.8, 4) is 5.82 Å². The first kappa shape index (κ1) is 26.9. The molecule has 11 heteroatoms. The van der Waals surface area contributed by atoms with Crippen LogP contribution in [-0.4, -0.2) is 65.0 Å². The van der Waals surface area contributed by atoms with Crippen LogP contribution in [0.25, 0.3) is 16.7 Å². The molecule has 1 aliphatic carbocycles. The number of hydrogen-bond acceptors (Lipinski definition) is 8. The molecule has 0 atom stereocenters. The lowest BCUT2D eigenvalue weighted by Gasteiger charge is -2.39. The topological polar surface area (TPSA) is 110 Å². The van der Waals surface area contributed by atoms with Gasteiger partial charge in [0.25, 0.3) is 0 Å². The molecule has 4 aromatic rings. The van der Waals surface area contributed by atoms with Crippen LogP contribution in [-0.2, 0) is 14.3 Å². The molecule has 0 radical (unpaired) electrons. The second kappa shape index (κ2) is 11.3. The predicted molar refractivity (Wildman–Crippen MR) is 160 cm³/mol. The number of Topliss-reactive ketones (excluding diaryl/α,β-unsaturated/α-hetero) is 1. The summed E-state index contributed by atoms with van der Waals surface area (Å²) in [5.74, 6) is -0.210. The number of nitrogens with one attached hydrogen (secondary N) is 1. The second-order valence-corrected chi connectivity index (χ2v) is 11.1. The molecule has 1 saturated heterocycles. The maximum Gasteiger partial charge on any atom is 0.344 e. The number of hydrogen-bond donors (Lipinski definition) is 1. The molecule has 0 bridgehead atoms. The number of fused-ring (bicyclic) bond motifs is 1. The van der Waals surface area contributed by atoms with Crippen LogP contribution in [0.4, 0.5) is 17.1 Å². The Labute approximate surface area is 245 Å². The Bertz CT molecular complexity index is 1620. The van der Waals surface area contributed by atoms with E-state index in [4.69, 9.17) is 9.72 Å². The molecule has 10 nitrogen and oxygen atoms in total. The van der Waals surface area contributed by atoms with E-state index in [0.29, 0.717) is 50.4 Å². The molecule has 6 rings (SSSR count). The maximum atomic E-state index is 13.5. The number of nitrogens with zero attached hydrogens (tertiary/aromatic N) is 5. The van der Waals surface area contributed by atoms with Crippen molar-refractivity contribution in [1.29, 1.82) is 0 Å². The average molecular weight is 618 g/mol. The molecule has 3 heterocycles. The number of piperazine rings is 1. The number of pyridine rings is 1. The predicted octanol–water partition coefficient (Wildman–Crippen LogP) is 4.60. The SMILES string of the molecule is CCOC(=O)c1c(-n2ccnc2)nc2ccc(Br)cc2c1N1CCN(c2ccccc2NC(=O)C2CC(=O)C2)CC1. The highest BCUT2D eigenvalue weighted by Crippen LogP contribution is 2.37. The number of halogens is 1. The standard InChI is InChI=1S/C30H29BrN6O4/c1-2-41-30(40)26-27(22-17-20(31)7-8-23(22)33-28(26)37-10-9-32-18-37)36-13-11-35(12-14-36)25-6-4-3-5-24(25)34-29(39)19-15-21(38)16-19/h3-10,17-19H,2,11-16H2,1H3,(H,34,39). The van der Waals surface area contributed by atoms with Crippen molar-refractivity contribution < 1.29 is 19.1 Å². The van der Waals surface area contributed by atoms with Crippen LogP contribution in [0.2, 0.25) is 0 Å². The average Bonchev–Trinajstić information content (AvgIpc) is 3.50. The number of aromatic nitrogens is 3. The van der Waals surface area contributed by atoms with Gasteiger partial charge in [-0.3, -0.25) is 14.2 Å². The fourth-order valence-electron chi connectivity index (χ4n) is 5.43. The van der Waals surface area contributed by atoms with Crippen molar-refractivity contribution in [2.45, 2.75) is 19.8 Å². The summed E-state index contributed by atoms with van der Waals surface area (Å²) in [6.45, 7) is 4.60. The summed E-state index contributed by atoms with van der Waals surface area (Å²) in [4.78, 5) is 51.0. The minimum Gasteiger partial charge on any atom is -0.462 e. The highest BCUT2D eigenvalue weighted by Gasteiger charge is 2.34. The second-order valence-electron chi connectivity index (χ2n) is 10.1. The Hall–Kier alpha value is -4.25. The van der Waals surface area contributed by atoms with Crippen LogP contribution < -0.4 is 15.1 Å². The number of anilines is 3. The van der Waals surface area contributed by atoms with Gasteiger partial charge in [-0.25, -0.2) is 14.8 Å². The van der Waals surface area contributed by atoms with Gasteiger partial charge in [0.2, 0.25) is 5.91 Å². The number of carbonyl (C=O) groups is 3. The van der Waals surface area contributed by atoms with Crippen LogP contribution in [0.5, 0.6) is 0 Å². The van der Waals surface area contributed by atoms with Gasteiger partial charge in [-0.2, -0.15) is 0 Å². The molecule has 1 aliphatic heterocycles. The zero-order valence-corrected chi connectivity index (χ0v) is 24.1. The van der Waals surface area contributed by atoms with E-state index in [9.17, 15) is 14.4 Å². The first-order chi connectivity index (χ1) is 19.9. The van der Waals surface area contributed by atoms with Crippen LogP contribution >= 0.6 is 15.9 Å². The number of ether oxygens (including phenoxy) is 1. The Balaban J connectivity index is 1.33. The molecule has 2 fully saturated rings. The van der Waals surface area contributed by atoms with E-state index in [-0.39, 0.29) is 24.2 Å². The zero-order valence-electron chi connectivity index (χ0n) is 22.5. The molecule has 1 N–H and O–H groups in total. The number of esters is 1. The molecule has 0 spiro atoms. The van der Waals surface area contributed by atoms with Crippen LogP contribution in [0, 0.1) is 5.92 Å². The van der Waals surface area contributed by atoms with Crippen molar-refractivity contribution in [2.75, 3.05) is 47.9 Å². The molecule has 1 saturated carbocycles. The number of amides is 1.